The Kier molecular flexibility index (Phi) is 3.25. The number of carbonyl (C=O) groups excluding carboxylic acids is 1. The van der Waals surface area contributed by atoms with Crippen LogP contribution in [-0.4, -0.2) is 41.9 Å². The van der Waals surface area contributed by atoms with Gasteiger partial charge in [-0.05, 0) is 31.9 Å². The van der Waals surface area contributed by atoms with E-state index in [-0.39, 0.29) is 11.9 Å². The standard InChI is InChI=1S/C16H16N6O/c1-11-17-7-5-13(20-11)14-4-2-8-21(14)16(23)12-10-19-22-9-3-6-18-15(12)22/h3,5-7,9-10,14H,2,4,8H2,1H3/t14-/m0/s1. The monoisotopic (exact) mass is 308 g/mol. The van der Waals surface area contributed by atoms with Gasteiger partial charge in [-0.25, -0.2) is 19.5 Å². The number of amides is 1. The Morgan fingerprint density at radius 3 is 3.09 bits per heavy atom. The van der Waals surface area contributed by atoms with E-state index in [1.807, 2.05) is 17.9 Å². The molecule has 1 fully saturated rings. The molecule has 0 unspecified atom stereocenters. The number of aromatic nitrogens is 5. The maximum atomic E-state index is 13.0. The van der Waals surface area contributed by atoms with E-state index >= 15 is 0 Å². The van der Waals surface area contributed by atoms with E-state index < -0.39 is 0 Å². The molecule has 1 aliphatic rings. The lowest BCUT2D eigenvalue weighted by atomic mass is 10.1. The average molecular weight is 308 g/mol. The van der Waals surface area contributed by atoms with Gasteiger partial charge >= 0.3 is 0 Å². The lowest BCUT2D eigenvalue weighted by Gasteiger charge is -2.24. The molecule has 4 rings (SSSR count). The second kappa shape index (κ2) is 5.42. The van der Waals surface area contributed by atoms with Crippen molar-refractivity contribution >= 4 is 11.6 Å². The van der Waals surface area contributed by atoms with Gasteiger partial charge in [0.2, 0.25) is 0 Å². The number of hydrogen-bond donors (Lipinski definition) is 0. The van der Waals surface area contributed by atoms with Gasteiger partial charge in [0.25, 0.3) is 5.91 Å². The van der Waals surface area contributed by atoms with Gasteiger partial charge in [-0.15, -0.1) is 0 Å². The van der Waals surface area contributed by atoms with Gasteiger partial charge in [0.15, 0.2) is 5.65 Å². The Morgan fingerprint density at radius 2 is 2.22 bits per heavy atom. The second-order valence-corrected chi connectivity index (χ2v) is 5.63. The molecule has 0 aliphatic carbocycles. The maximum Gasteiger partial charge on any atom is 0.259 e. The molecule has 1 saturated heterocycles. The van der Waals surface area contributed by atoms with Crippen LogP contribution in [0, 0.1) is 6.92 Å². The summed E-state index contributed by atoms with van der Waals surface area (Å²) < 4.78 is 1.62. The van der Waals surface area contributed by atoms with Crippen LogP contribution in [0.25, 0.3) is 5.65 Å². The Hall–Kier alpha value is -2.83. The van der Waals surface area contributed by atoms with E-state index in [1.54, 1.807) is 35.4 Å². The highest BCUT2D eigenvalue weighted by Gasteiger charge is 2.33. The van der Waals surface area contributed by atoms with E-state index in [4.69, 9.17) is 0 Å². The van der Waals surface area contributed by atoms with Crippen LogP contribution in [-0.2, 0) is 0 Å². The van der Waals surface area contributed by atoms with Crippen LogP contribution in [0.1, 0.15) is 40.8 Å². The first-order valence-corrected chi connectivity index (χ1v) is 7.63. The maximum absolute atomic E-state index is 13.0. The molecule has 1 atom stereocenters. The smallest absolute Gasteiger partial charge is 0.259 e. The number of aryl methyl sites for hydroxylation is 1. The summed E-state index contributed by atoms with van der Waals surface area (Å²) in [5, 5.41) is 4.20. The topological polar surface area (TPSA) is 76.3 Å². The fraction of sp³-hybridized carbons (Fsp3) is 0.312. The Morgan fingerprint density at radius 1 is 1.30 bits per heavy atom. The minimum Gasteiger partial charge on any atom is -0.330 e. The molecular formula is C16H16N6O. The van der Waals surface area contributed by atoms with Crippen molar-refractivity contribution in [3.8, 4) is 0 Å². The second-order valence-electron chi connectivity index (χ2n) is 5.63. The van der Waals surface area contributed by atoms with Crippen molar-refractivity contribution in [2.45, 2.75) is 25.8 Å². The van der Waals surface area contributed by atoms with E-state index in [0.29, 0.717) is 11.2 Å². The lowest BCUT2D eigenvalue weighted by molar-refractivity contribution is 0.0734. The molecule has 1 amide bonds. The van der Waals surface area contributed by atoms with Crippen LogP contribution < -0.4 is 0 Å². The molecular weight excluding hydrogens is 292 g/mol. The zero-order valence-electron chi connectivity index (χ0n) is 12.8. The summed E-state index contributed by atoms with van der Waals surface area (Å²) in [6.45, 7) is 2.58. The van der Waals surface area contributed by atoms with Gasteiger partial charge in [-0.1, -0.05) is 0 Å². The third-order valence-electron chi connectivity index (χ3n) is 4.16. The minimum atomic E-state index is -0.0440. The van der Waals surface area contributed by atoms with Crippen molar-refractivity contribution in [3.05, 3.63) is 54.0 Å². The fourth-order valence-electron chi connectivity index (χ4n) is 3.11. The number of nitrogens with zero attached hydrogens (tertiary/aromatic N) is 6. The number of hydrogen-bond acceptors (Lipinski definition) is 5. The fourth-order valence-corrected chi connectivity index (χ4v) is 3.11. The molecule has 7 nitrogen and oxygen atoms in total. The van der Waals surface area contributed by atoms with Crippen LogP contribution in [0.3, 0.4) is 0 Å². The van der Waals surface area contributed by atoms with Gasteiger partial charge in [-0.3, -0.25) is 4.79 Å². The molecule has 7 heteroatoms. The van der Waals surface area contributed by atoms with Gasteiger partial charge in [-0.2, -0.15) is 5.10 Å². The molecule has 3 aromatic rings. The SMILES string of the molecule is Cc1nccc([C@@H]2CCCN2C(=O)c2cnn3cccnc23)n1. The molecule has 4 heterocycles. The number of carbonyl (C=O) groups is 1. The Bertz CT molecular complexity index is 874. The summed E-state index contributed by atoms with van der Waals surface area (Å²) in [5.41, 5.74) is 2.01. The molecule has 23 heavy (non-hydrogen) atoms. The van der Waals surface area contributed by atoms with Crippen molar-refractivity contribution in [2.75, 3.05) is 6.54 Å². The predicted molar refractivity (Wildman–Crippen MR) is 82.8 cm³/mol. The van der Waals surface area contributed by atoms with Crippen molar-refractivity contribution in [2.24, 2.45) is 0 Å². The zero-order chi connectivity index (χ0) is 15.8. The van der Waals surface area contributed by atoms with Crippen molar-refractivity contribution in [1.29, 1.82) is 0 Å². The molecule has 0 spiro atoms. The number of fused-ring (bicyclic) bond motifs is 1. The first-order valence-electron chi connectivity index (χ1n) is 7.63. The summed E-state index contributed by atoms with van der Waals surface area (Å²) in [4.78, 5) is 27.7. The van der Waals surface area contributed by atoms with Crippen LogP contribution in [0.15, 0.2) is 36.9 Å². The molecule has 0 bridgehead atoms. The Balaban J connectivity index is 1.70. The predicted octanol–water partition coefficient (Wildman–Crippen LogP) is 1.81. The molecule has 1 aliphatic heterocycles. The number of rotatable bonds is 2. The zero-order valence-corrected chi connectivity index (χ0v) is 12.8. The largest absolute Gasteiger partial charge is 0.330 e. The third-order valence-corrected chi connectivity index (χ3v) is 4.16. The van der Waals surface area contributed by atoms with Gasteiger partial charge in [0.1, 0.15) is 11.4 Å². The summed E-state index contributed by atoms with van der Waals surface area (Å²) in [6, 6.07) is 3.66. The Labute approximate surface area is 133 Å². The van der Waals surface area contributed by atoms with Crippen molar-refractivity contribution in [1.82, 2.24) is 29.5 Å². The summed E-state index contributed by atoms with van der Waals surface area (Å²) >= 11 is 0. The van der Waals surface area contributed by atoms with Gasteiger partial charge in [0, 0.05) is 25.1 Å². The van der Waals surface area contributed by atoms with Crippen molar-refractivity contribution < 1.29 is 4.79 Å². The first kappa shape index (κ1) is 13.8. The first-order chi connectivity index (χ1) is 11.2. The highest BCUT2D eigenvalue weighted by molar-refractivity contribution is 5.99. The highest BCUT2D eigenvalue weighted by atomic mass is 16.2. The molecule has 116 valence electrons. The number of likely N-dealkylation sites (tertiary alicyclic amines) is 1. The average Bonchev–Trinajstić information content (AvgIpc) is 3.21. The van der Waals surface area contributed by atoms with E-state index in [2.05, 4.69) is 20.1 Å². The van der Waals surface area contributed by atoms with Crippen molar-refractivity contribution in [3.63, 3.8) is 0 Å². The highest BCUT2D eigenvalue weighted by Crippen LogP contribution is 2.32. The summed E-state index contributed by atoms with van der Waals surface area (Å²) in [6.07, 6.45) is 8.67. The van der Waals surface area contributed by atoms with E-state index in [9.17, 15) is 4.79 Å². The van der Waals surface area contributed by atoms with Gasteiger partial charge in [0.05, 0.1) is 17.9 Å². The van der Waals surface area contributed by atoms with Crippen LogP contribution in [0.2, 0.25) is 0 Å². The molecule has 0 N–H and O–H groups in total. The molecule has 0 saturated carbocycles. The molecule has 0 aromatic carbocycles. The van der Waals surface area contributed by atoms with E-state index in [1.165, 1.54) is 0 Å². The third kappa shape index (κ3) is 2.34. The minimum absolute atomic E-state index is 0.0112. The van der Waals surface area contributed by atoms with Crippen LogP contribution in [0.5, 0.6) is 0 Å². The van der Waals surface area contributed by atoms with Crippen LogP contribution >= 0.6 is 0 Å². The molecule has 3 aromatic heterocycles. The lowest BCUT2D eigenvalue weighted by Crippen LogP contribution is -2.31. The normalized spacial score (nSPS) is 17.8. The quantitative estimate of drug-likeness (QED) is 0.721. The van der Waals surface area contributed by atoms with Crippen LogP contribution in [0.4, 0.5) is 0 Å². The van der Waals surface area contributed by atoms with Gasteiger partial charge < -0.3 is 4.90 Å². The van der Waals surface area contributed by atoms with E-state index in [0.717, 1.165) is 30.9 Å². The summed E-state index contributed by atoms with van der Waals surface area (Å²) in [7, 11) is 0. The molecule has 0 radical (unpaired) electrons. The summed E-state index contributed by atoms with van der Waals surface area (Å²) in [5.74, 6) is 0.678.